The summed E-state index contributed by atoms with van der Waals surface area (Å²) in [5.74, 6) is -0.929. The summed E-state index contributed by atoms with van der Waals surface area (Å²) in [6.07, 6.45) is 3.28. The summed E-state index contributed by atoms with van der Waals surface area (Å²) in [4.78, 5) is 18.0. The van der Waals surface area contributed by atoms with Crippen molar-refractivity contribution < 1.29 is 9.18 Å². The lowest BCUT2D eigenvalue weighted by molar-refractivity contribution is 0.0948. The highest BCUT2D eigenvalue weighted by Gasteiger charge is 2.14. The molecule has 0 aliphatic rings. The Morgan fingerprint density at radius 1 is 1.43 bits per heavy atom. The van der Waals surface area contributed by atoms with E-state index in [1.54, 1.807) is 7.05 Å². The molecular weight excluding hydrogens is 271 g/mol. The van der Waals surface area contributed by atoms with Gasteiger partial charge in [0.05, 0.1) is 5.56 Å². The number of hydrogen-bond donors (Lipinski definition) is 2. The first-order valence-corrected chi connectivity index (χ1v) is 7.28. The van der Waals surface area contributed by atoms with Crippen LogP contribution in [0.1, 0.15) is 37.0 Å². The van der Waals surface area contributed by atoms with Crippen LogP contribution in [0.3, 0.4) is 0 Å². The van der Waals surface area contributed by atoms with Gasteiger partial charge < -0.3 is 15.5 Å². The first-order chi connectivity index (χ1) is 9.97. The normalized spacial score (nSPS) is 11.0. The molecule has 0 aliphatic heterocycles. The number of pyridine rings is 1. The number of unbranched alkanes of at least 4 members (excludes halogenated alkanes) is 1. The Morgan fingerprint density at radius 2 is 2.14 bits per heavy atom. The molecule has 1 amide bonds. The molecule has 5 nitrogen and oxygen atoms in total. The second-order valence-corrected chi connectivity index (χ2v) is 5.31. The topological polar surface area (TPSA) is 57.3 Å². The van der Waals surface area contributed by atoms with Crippen molar-refractivity contribution >= 4 is 11.7 Å². The molecule has 6 heteroatoms. The lowest BCUT2D eigenvalue weighted by Gasteiger charge is -2.20. The molecule has 0 aromatic carbocycles. The number of carbonyl (C=O) groups is 1. The first-order valence-electron chi connectivity index (χ1n) is 7.28. The second-order valence-electron chi connectivity index (χ2n) is 5.31. The molecular formula is C15H25FN4O. The van der Waals surface area contributed by atoms with Gasteiger partial charge in [0.25, 0.3) is 5.91 Å². The van der Waals surface area contributed by atoms with Gasteiger partial charge in [-0.1, -0.05) is 0 Å². The van der Waals surface area contributed by atoms with Crippen molar-refractivity contribution in [1.29, 1.82) is 0 Å². The quantitative estimate of drug-likeness (QED) is 0.721. The molecule has 0 saturated carbocycles. The number of aromatic nitrogens is 1. The van der Waals surface area contributed by atoms with Crippen LogP contribution in [-0.4, -0.2) is 49.0 Å². The summed E-state index contributed by atoms with van der Waals surface area (Å²) in [6.45, 7) is 5.82. The van der Waals surface area contributed by atoms with Gasteiger partial charge in [0.15, 0.2) is 11.6 Å². The van der Waals surface area contributed by atoms with E-state index in [2.05, 4.69) is 41.4 Å². The molecule has 0 atom stereocenters. The molecule has 1 aromatic rings. The van der Waals surface area contributed by atoms with E-state index in [-0.39, 0.29) is 11.4 Å². The van der Waals surface area contributed by atoms with Crippen molar-refractivity contribution in [2.45, 2.75) is 32.7 Å². The molecule has 1 rings (SSSR count). The average Bonchev–Trinajstić information content (AvgIpc) is 2.46. The molecule has 1 aromatic heterocycles. The first kappa shape index (κ1) is 17.4. The fourth-order valence-electron chi connectivity index (χ4n) is 1.83. The third-order valence-electron chi connectivity index (χ3n) is 3.48. The lowest BCUT2D eigenvalue weighted by atomic mass is 10.2. The zero-order valence-corrected chi connectivity index (χ0v) is 13.2. The smallest absolute Gasteiger partial charge is 0.254 e. The Kier molecular flexibility index (Phi) is 7.08. The number of nitrogens with one attached hydrogen (secondary N) is 2. The van der Waals surface area contributed by atoms with Crippen LogP contribution in [0.4, 0.5) is 10.2 Å². The van der Waals surface area contributed by atoms with E-state index in [9.17, 15) is 9.18 Å². The highest BCUT2D eigenvalue weighted by atomic mass is 19.1. The minimum Gasteiger partial charge on any atom is -0.371 e. The van der Waals surface area contributed by atoms with Crippen molar-refractivity contribution in [3.8, 4) is 0 Å². The van der Waals surface area contributed by atoms with Gasteiger partial charge in [-0.25, -0.2) is 9.37 Å². The Labute approximate surface area is 125 Å². The molecule has 0 saturated heterocycles. The summed E-state index contributed by atoms with van der Waals surface area (Å²) in [6, 6.07) is 1.91. The van der Waals surface area contributed by atoms with Gasteiger partial charge in [-0.15, -0.1) is 0 Å². The van der Waals surface area contributed by atoms with Crippen molar-refractivity contribution in [2.24, 2.45) is 0 Å². The Morgan fingerprint density at radius 3 is 2.76 bits per heavy atom. The standard InChI is InChI=1S/C15H25FN4O/c1-11(2)20(4)10-6-5-8-19-15(21)12-7-9-18-14(17-3)13(12)16/h7,9,11H,5-6,8,10H2,1-4H3,(H,17,18)(H,19,21). The number of amides is 1. The van der Waals surface area contributed by atoms with Gasteiger partial charge >= 0.3 is 0 Å². The van der Waals surface area contributed by atoms with E-state index in [4.69, 9.17) is 0 Å². The molecule has 0 spiro atoms. The number of anilines is 1. The number of rotatable bonds is 8. The van der Waals surface area contributed by atoms with Crippen molar-refractivity contribution in [1.82, 2.24) is 15.2 Å². The van der Waals surface area contributed by atoms with Crippen molar-refractivity contribution in [3.63, 3.8) is 0 Å². The number of hydrogen-bond acceptors (Lipinski definition) is 4. The zero-order chi connectivity index (χ0) is 15.8. The summed E-state index contributed by atoms with van der Waals surface area (Å²) < 4.78 is 13.9. The molecule has 0 unspecified atom stereocenters. The predicted molar refractivity (Wildman–Crippen MR) is 83.1 cm³/mol. The van der Waals surface area contributed by atoms with Crippen LogP contribution in [0, 0.1) is 5.82 Å². The lowest BCUT2D eigenvalue weighted by Crippen LogP contribution is -2.29. The minimum absolute atomic E-state index is 0.0219. The van der Waals surface area contributed by atoms with Gasteiger partial charge in [-0.3, -0.25) is 4.79 Å². The van der Waals surface area contributed by atoms with Gasteiger partial charge in [-0.2, -0.15) is 0 Å². The third kappa shape index (κ3) is 5.30. The summed E-state index contributed by atoms with van der Waals surface area (Å²) >= 11 is 0. The molecule has 21 heavy (non-hydrogen) atoms. The van der Waals surface area contributed by atoms with Gasteiger partial charge in [0.2, 0.25) is 0 Å². The highest BCUT2D eigenvalue weighted by molar-refractivity contribution is 5.95. The van der Waals surface area contributed by atoms with Crippen LogP contribution in [0.15, 0.2) is 12.3 Å². The SMILES string of the molecule is CNc1nccc(C(=O)NCCCCN(C)C(C)C)c1F. The molecule has 1 heterocycles. The third-order valence-corrected chi connectivity index (χ3v) is 3.48. The second kappa shape index (κ2) is 8.56. The average molecular weight is 296 g/mol. The largest absolute Gasteiger partial charge is 0.371 e. The van der Waals surface area contributed by atoms with Crippen LogP contribution in [0.5, 0.6) is 0 Å². The Balaban J connectivity index is 2.38. The van der Waals surface area contributed by atoms with Crippen LogP contribution >= 0.6 is 0 Å². The predicted octanol–water partition coefficient (Wildman–Crippen LogP) is 2.11. The van der Waals surface area contributed by atoms with Gasteiger partial charge in [-0.05, 0) is 46.3 Å². The Hall–Kier alpha value is -1.69. The number of nitrogens with zero attached hydrogens (tertiary/aromatic N) is 2. The van der Waals surface area contributed by atoms with Gasteiger partial charge in [0.1, 0.15) is 0 Å². The number of carbonyl (C=O) groups excluding carboxylic acids is 1. The van der Waals surface area contributed by atoms with E-state index >= 15 is 0 Å². The molecule has 0 fully saturated rings. The summed E-state index contributed by atoms with van der Waals surface area (Å²) in [7, 11) is 3.65. The van der Waals surface area contributed by atoms with Crippen LogP contribution in [0.2, 0.25) is 0 Å². The minimum atomic E-state index is -0.614. The highest BCUT2D eigenvalue weighted by Crippen LogP contribution is 2.14. The fraction of sp³-hybridized carbons (Fsp3) is 0.600. The maximum absolute atomic E-state index is 13.9. The maximum Gasteiger partial charge on any atom is 0.254 e. The van der Waals surface area contributed by atoms with E-state index < -0.39 is 11.7 Å². The van der Waals surface area contributed by atoms with E-state index in [0.717, 1.165) is 19.4 Å². The maximum atomic E-state index is 13.9. The van der Waals surface area contributed by atoms with Crippen molar-refractivity contribution in [3.05, 3.63) is 23.6 Å². The van der Waals surface area contributed by atoms with E-state index in [0.29, 0.717) is 12.6 Å². The van der Waals surface area contributed by atoms with Gasteiger partial charge in [0, 0.05) is 25.8 Å². The van der Waals surface area contributed by atoms with Crippen LogP contribution in [0.25, 0.3) is 0 Å². The molecule has 0 bridgehead atoms. The molecule has 0 aliphatic carbocycles. The summed E-state index contributed by atoms with van der Waals surface area (Å²) in [5, 5.41) is 5.36. The molecule has 0 radical (unpaired) electrons. The van der Waals surface area contributed by atoms with Crippen molar-refractivity contribution in [2.75, 3.05) is 32.5 Å². The fourth-order valence-corrected chi connectivity index (χ4v) is 1.83. The van der Waals surface area contributed by atoms with E-state index in [1.807, 2.05) is 0 Å². The molecule has 118 valence electrons. The summed E-state index contributed by atoms with van der Waals surface area (Å²) in [5.41, 5.74) is 0.0219. The van der Waals surface area contributed by atoms with Crippen LogP contribution < -0.4 is 10.6 Å². The monoisotopic (exact) mass is 296 g/mol. The molecule has 2 N–H and O–H groups in total. The number of halogens is 1. The van der Waals surface area contributed by atoms with Crippen LogP contribution in [-0.2, 0) is 0 Å². The Bertz CT molecular complexity index is 465. The zero-order valence-electron chi connectivity index (χ0n) is 13.2. The van der Waals surface area contributed by atoms with E-state index in [1.165, 1.54) is 12.3 Å².